The number of furan rings is 1. The highest BCUT2D eigenvalue weighted by molar-refractivity contribution is 5.27. The third kappa shape index (κ3) is 4.40. The van der Waals surface area contributed by atoms with Gasteiger partial charge < -0.3 is 19.6 Å². The quantitative estimate of drug-likeness (QED) is 0.815. The molecule has 0 amide bonds. The van der Waals surface area contributed by atoms with Crippen LogP contribution in [0.15, 0.2) is 47.1 Å². The smallest absolute Gasteiger partial charge is 0.120 e. The van der Waals surface area contributed by atoms with Crippen molar-refractivity contribution >= 4 is 0 Å². The van der Waals surface area contributed by atoms with Gasteiger partial charge in [-0.15, -0.1) is 0 Å². The Balaban J connectivity index is 1.71. The summed E-state index contributed by atoms with van der Waals surface area (Å²) in [6.07, 6.45) is 1.08. The summed E-state index contributed by atoms with van der Waals surface area (Å²) < 4.78 is 10.9. The first-order valence-corrected chi connectivity index (χ1v) is 6.79. The first-order valence-electron chi connectivity index (χ1n) is 6.79. The molecular weight excluding hydrogens is 254 g/mol. The van der Waals surface area contributed by atoms with Gasteiger partial charge in [0, 0.05) is 6.54 Å². The zero-order valence-electron chi connectivity index (χ0n) is 11.9. The molecule has 0 saturated heterocycles. The van der Waals surface area contributed by atoms with Gasteiger partial charge in [0.05, 0.1) is 12.3 Å². The summed E-state index contributed by atoms with van der Waals surface area (Å²) in [5.74, 6) is 1.64. The monoisotopic (exact) mass is 275 g/mol. The van der Waals surface area contributed by atoms with Gasteiger partial charge in [0.1, 0.15) is 24.2 Å². The predicted octanol–water partition coefficient (Wildman–Crippen LogP) is 2.68. The lowest BCUT2D eigenvalue weighted by Gasteiger charge is -2.16. The number of hydrogen-bond donors (Lipinski definition) is 2. The van der Waals surface area contributed by atoms with Crippen molar-refractivity contribution in [2.24, 2.45) is 0 Å². The van der Waals surface area contributed by atoms with Crippen molar-refractivity contribution in [3.05, 3.63) is 54.0 Å². The van der Waals surface area contributed by atoms with Crippen molar-refractivity contribution in [1.29, 1.82) is 0 Å². The molecule has 2 aromatic rings. The predicted molar refractivity (Wildman–Crippen MR) is 77.8 cm³/mol. The first kappa shape index (κ1) is 14.6. The molecule has 1 aromatic heterocycles. The molecule has 2 N–H and O–H groups in total. The lowest BCUT2D eigenvalue weighted by molar-refractivity contribution is 0.103. The normalized spacial score (nSPS) is 13.9. The summed E-state index contributed by atoms with van der Waals surface area (Å²) in [6.45, 7) is 4.72. The van der Waals surface area contributed by atoms with Crippen molar-refractivity contribution in [2.45, 2.75) is 26.0 Å². The Bertz CT molecular complexity index is 510. The molecule has 0 aliphatic rings. The van der Waals surface area contributed by atoms with Gasteiger partial charge in [-0.05, 0) is 43.7 Å². The van der Waals surface area contributed by atoms with Crippen LogP contribution in [0, 0.1) is 6.92 Å². The van der Waals surface area contributed by atoms with E-state index < -0.39 is 6.10 Å². The van der Waals surface area contributed by atoms with Crippen LogP contribution >= 0.6 is 0 Å². The zero-order valence-corrected chi connectivity index (χ0v) is 11.9. The molecule has 1 unspecified atom stereocenters. The van der Waals surface area contributed by atoms with E-state index >= 15 is 0 Å². The Hall–Kier alpha value is -1.78. The highest BCUT2D eigenvalue weighted by atomic mass is 16.5. The second-order valence-electron chi connectivity index (χ2n) is 4.93. The van der Waals surface area contributed by atoms with Crippen LogP contribution in [0.25, 0.3) is 0 Å². The molecule has 0 radical (unpaired) electrons. The molecule has 4 heteroatoms. The molecule has 108 valence electrons. The van der Waals surface area contributed by atoms with Crippen molar-refractivity contribution < 1.29 is 14.3 Å². The third-order valence-electron chi connectivity index (χ3n) is 3.06. The number of aliphatic hydroxyl groups excluding tert-OH is 1. The highest BCUT2D eigenvalue weighted by Crippen LogP contribution is 2.13. The van der Waals surface area contributed by atoms with Gasteiger partial charge >= 0.3 is 0 Å². The Morgan fingerprint density at radius 3 is 2.85 bits per heavy atom. The van der Waals surface area contributed by atoms with Gasteiger partial charge in [0.25, 0.3) is 0 Å². The van der Waals surface area contributed by atoms with E-state index in [0.717, 1.165) is 17.1 Å². The van der Waals surface area contributed by atoms with Crippen LogP contribution < -0.4 is 10.1 Å². The molecular formula is C16H21NO3. The summed E-state index contributed by atoms with van der Waals surface area (Å²) in [6, 6.07) is 11.6. The minimum Gasteiger partial charge on any atom is -0.491 e. The fourth-order valence-electron chi connectivity index (χ4n) is 1.91. The van der Waals surface area contributed by atoms with E-state index in [-0.39, 0.29) is 12.6 Å². The molecule has 1 heterocycles. The second-order valence-corrected chi connectivity index (χ2v) is 4.93. The van der Waals surface area contributed by atoms with Gasteiger partial charge in [-0.1, -0.05) is 12.1 Å². The number of nitrogens with one attached hydrogen (secondary N) is 1. The van der Waals surface area contributed by atoms with Gasteiger partial charge in [0.2, 0.25) is 0 Å². The molecule has 0 fully saturated rings. The number of benzene rings is 1. The minimum atomic E-state index is -0.562. The van der Waals surface area contributed by atoms with E-state index in [2.05, 4.69) is 5.32 Å². The summed E-state index contributed by atoms with van der Waals surface area (Å²) >= 11 is 0. The van der Waals surface area contributed by atoms with Gasteiger partial charge in [-0.2, -0.15) is 0 Å². The number of ether oxygens (including phenoxy) is 1. The molecule has 0 bridgehead atoms. The summed E-state index contributed by atoms with van der Waals surface area (Å²) in [4.78, 5) is 0. The molecule has 0 aliphatic heterocycles. The van der Waals surface area contributed by atoms with Crippen LogP contribution in [0.3, 0.4) is 0 Å². The van der Waals surface area contributed by atoms with Crippen molar-refractivity contribution in [1.82, 2.24) is 5.32 Å². The molecule has 4 nitrogen and oxygen atoms in total. The average molecular weight is 275 g/mol. The maximum Gasteiger partial charge on any atom is 0.120 e. The van der Waals surface area contributed by atoms with Crippen LogP contribution in [0.4, 0.5) is 0 Å². The zero-order chi connectivity index (χ0) is 14.4. The van der Waals surface area contributed by atoms with E-state index in [4.69, 9.17) is 9.15 Å². The lowest BCUT2D eigenvalue weighted by atomic mass is 10.2. The van der Waals surface area contributed by atoms with E-state index in [1.165, 1.54) is 0 Å². The average Bonchev–Trinajstić information content (AvgIpc) is 2.97. The Morgan fingerprint density at radius 1 is 1.30 bits per heavy atom. The summed E-state index contributed by atoms with van der Waals surface area (Å²) in [7, 11) is 0. The minimum absolute atomic E-state index is 0.0682. The molecule has 1 aromatic carbocycles. The summed E-state index contributed by atoms with van der Waals surface area (Å²) in [5, 5.41) is 13.1. The van der Waals surface area contributed by atoms with Crippen molar-refractivity contribution in [2.75, 3.05) is 13.2 Å². The number of rotatable bonds is 7. The van der Waals surface area contributed by atoms with E-state index in [9.17, 15) is 5.11 Å². The Morgan fingerprint density at radius 2 is 2.15 bits per heavy atom. The largest absolute Gasteiger partial charge is 0.491 e. The number of aliphatic hydroxyl groups is 1. The molecule has 0 spiro atoms. The molecule has 2 atom stereocenters. The fraction of sp³-hybridized carbons (Fsp3) is 0.375. The van der Waals surface area contributed by atoms with Gasteiger partial charge in [0.15, 0.2) is 0 Å². The van der Waals surface area contributed by atoms with Crippen LogP contribution in [0.1, 0.15) is 24.3 Å². The van der Waals surface area contributed by atoms with E-state index in [1.807, 2.05) is 50.2 Å². The first-order chi connectivity index (χ1) is 9.65. The fourth-order valence-corrected chi connectivity index (χ4v) is 1.91. The summed E-state index contributed by atoms with van der Waals surface area (Å²) in [5.41, 5.74) is 1.14. The second kappa shape index (κ2) is 7.12. The standard InChI is InChI=1S/C16H21NO3/c1-12-5-3-6-15(9-12)20-11-14(18)10-17-13(2)16-7-4-8-19-16/h3-9,13-14,17-18H,10-11H2,1-2H3/t13-,14?/m0/s1. The SMILES string of the molecule is Cc1cccc(OCC(O)CN[C@@H](C)c2ccco2)c1. The molecule has 20 heavy (non-hydrogen) atoms. The third-order valence-corrected chi connectivity index (χ3v) is 3.06. The van der Waals surface area contributed by atoms with Crippen molar-refractivity contribution in [3.8, 4) is 5.75 Å². The topological polar surface area (TPSA) is 54.6 Å². The molecule has 2 rings (SSSR count). The van der Waals surface area contributed by atoms with Crippen LogP contribution in [-0.4, -0.2) is 24.4 Å². The lowest BCUT2D eigenvalue weighted by Crippen LogP contribution is -2.32. The van der Waals surface area contributed by atoms with Crippen molar-refractivity contribution in [3.63, 3.8) is 0 Å². The number of aryl methyl sites for hydroxylation is 1. The van der Waals surface area contributed by atoms with E-state index in [0.29, 0.717) is 6.54 Å². The van der Waals surface area contributed by atoms with Gasteiger partial charge in [-0.25, -0.2) is 0 Å². The van der Waals surface area contributed by atoms with Gasteiger partial charge in [-0.3, -0.25) is 0 Å². The number of hydrogen-bond acceptors (Lipinski definition) is 4. The van der Waals surface area contributed by atoms with Crippen LogP contribution in [-0.2, 0) is 0 Å². The highest BCUT2D eigenvalue weighted by Gasteiger charge is 2.11. The maximum absolute atomic E-state index is 9.91. The van der Waals surface area contributed by atoms with Crippen LogP contribution in [0.5, 0.6) is 5.75 Å². The molecule has 0 aliphatic carbocycles. The Kier molecular flexibility index (Phi) is 5.21. The molecule has 0 saturated carbocycles. The van der Waals surface area contributed by atoms with E-state index in [1.54, 1.807) is 6.26 Å². The van der Waals surface area contributed by atoms with Crippen LogP contribution in [0.2, 0.25) is 0 Å². The maximum atomic E-state index is 9.91. The Labute approximate surface area is 119 Å².